The van der Waals surface area contributed by atoms with Gasteiger partial charge in [-0.3, -0.25) is 4.79 Å². The molecule has 1 aromatic heterocycles. The largest absolute Gasteiger partial charge is 0.327 e. The van der Waals surface area contributed by atoms with Crippen molar-refractivity contribution >= 4 is 5.78 Å². The van der Waals surface area contributed by atoms with Crippen molar-refractivity contribution in [2.45, 2.75) is 19.9 Å². The van der Waals surface area contributed by atoms with Gasteiger partial charge in [0.25, 0.3) is 0 Å². The second-order valence-corrected chi connectivity index (χ2v) is 2.30. The molecule has 3 heteroatoms. The van der Waals surface area contributed by atoms with Crippen LogP contribution in [0, 0.1) is 0 Å². The first-order chi connectivity index (χ1) is 4.72. The molecule has 0 spiro atoms. The Bertz CT molecular complexity index is 216. The van der Waals surface area contributed by atoms with Crippen LogP contribution in [-0.4, -0.2) is 15.3 Å². The maximum atomic E-state index is 10.8. The molecular formula is C7H10N2O. The van der Waals surface area contributed by atoms with E-state index < -0.39 is 0 Å². The van der Waals surface area contributed by atoms with Gasteiger partial charge >= 0.3 is 0 Å². The van der Waals surface area contributed by atoms with Gasteiger partial charge in [0.2, 0.25) is 0 Å². The van der Waals surface area contributed by atoms with E-state index in [1.165, 1.54) is 0 Å². The van der Waals surface area contributed by atoms with E-state index in [1.807, 2.05) is 6.92 Å². The second-order valence-electron chi connectivity index (χ2n) is 2.30. The summed E-state index contributed by atoms with van der Waals surface area (Å²) in [5.74, 6) is 0.151. The van der Waals surface area contributed by atoms with Crippen molar-refractivity contribution in [3.63, 3.8) is 0 Å². The Morgan fingerprint density at radius 2 is 2.40 bits per heavy atom. The normalized spacial score (nSPS) is 13.0. The summed E-state index contributed by atoms with van der Waals surface area (Å²) in [4.78, 5) is 14.6. The Balaban J connectivity index is 2.77. The number of imidazole rings is 1. The molecule has 0 aliphatic carbocycles. The molecule has 0 aliphatic rings. The average molecular weight is 138 g/mol. The van der Waals surface area contributed by atoms with E-state index in [2.05, 4.69) is 4.98 Å². The fraction of sp³-hybridized carbons (Fsp3) is 0.429. The predicted molar refractivity (Wildman–Crippen MR) is 37.6 cm³/mol. The van der Waals surface area contributed by atoms with Crippen molar-refractivity contribution in [3.05, 3.63) is 18.7 Å². The lowest BCUT2D eigenvalue weighted by Crippen LogP contribution is -2.10. The number of Topliss-reactive ketones (excluding diaryl/α,β-unsaturated/α-hetero) is 1. The first-order valence-electron chi connectivity index (χ1n) is 3.19. The van der Waals surface area contributed by atoms with Crippen LogP contribution in [-0.2, 0) is 4.79 Å². The molecule has 0 unspecified atom stereocenters. The SMILES string of the molecule is CC(=O)[C@H](C)n1ccnc1. The van der Waals surface area contributed by atoms with Crippen LogP contribution in [0.2, 0.25) is 0 Å². The van der Waals surface area contributed by atoms with Crippen molar-refractivity contribution in [3.8, 4) is 0 Å². The summed E-state index contributed by atoms with van der Waals surface area (Å²) < 4.78 is 1.78. The Hall–Kier alpha value is -1.12. The molecule has 0 saturated carbocycles. The highest BCUT2D eigenvalue weighted by molar-refractivity contribution is 5.79. The number of rotatable bonds is 2. The van der Waals surface area contributed by atoms with Gasteiger partial charge in [-0.1, -0.05) is 0 Å². The fourth-order valence-corrected chi connectivity index (χ4v) is 0.708. The molecule has 0 N–H and O–H groups in total. The molecule has 1 aromatic rings. The topological polar surface area (TPSA) is 34.9 Å². The van der Waals surface area contributed by atoms with Crippen LogP contribution < -0.4 is 0 Å². The number of hydrogen-bond acceptors (Lipinski definition) is 2. The quantitative estimate of drug-likeness (QED) is 0.611. The summed E-state index contributed by atoms with van der Waals surface area (Å²) in [5.41, 5.74) is 0. The highest BCUT2D eigenvalue weighted by Gasteiger charge is 2.06. The summed E-state index contributed by atoms with van der Waals surface area (Å²) in [7, 11) is 0. The van der Waals surface area contributed by atoms with Crippen LogP contribution in [0.25, 0.3) is 0 Å². The lowest BCUT2D eigenvalue weighted by atomic mass is 10.2. The molecule has 0 fully saturated rings. The number of carbonyl (C=O) groups is 1. The first kappa shape index (κ1) is 6.99. The van der Waals surface area contributed by atoms with Crippen molar-refractivity contribution in [1.82, 2.24) is 9.55 Å². The average Bonchev–Trinajstić information content (AvgIpc) is 2.36. The summed E-state index contributed by atoms with van der Waals surface area (Å²) in [5, 5.41) is 0. The third-order valence-corrected chi connectivity index (χ3v) is 1.56. The number of hydrogen-bond donors (Lipinski definition) is 0. The highest BCUT2D eigenvalue weighted by Crippen LogP contribution is 2.03. The summed E-state index contributed by atoms with van der Waals surface area (Å²) in [6.07, 6.45) is 5.09. The van der Waals surface area contributed by atoms with Crippen LogP contribution in [0.1, 0.15) is 19.9 Å². The van der Waals surface area contributed by atoms with E-state index in [-0.39, 0.29) is 11.8 Å². The van der Waals surface area contributed by atoms with E-state index >= 15 is 0 Å². The predicted octanol–water partition coefficient (Wildman–Crippen LogP) is 1.03. The number of ketones is 1. The molecule has 10 heavy (non-hydrogen) atoms. The van der Waals surface area contributed by atoms with Gasteiger partial charge in [-0.05, 0) is 13.8 Å². The zero-order valence-corrected chi connectivity index (χ0v) is 6.11. The molecule has 0 saturated heterocycles. The van der Waals surface area contributed by atoms with E-state index in [0.29, 0.717) is 0 Å². The number of carbonyl (C=O) groups excluding carboxylic acids is 1. The summed E-state index contributed by atoms with van der Waals surface area (Å²) in [6, 6.07) is -0.0810. The minimum absolute atomic E-state index is 0.0810. The molecule has 0 aromatic carbocycles. The molecule has 0 bridgehead atoms. The Labute approximate surface area is 59.7 Å². The minimum Gasteiger partial charge on any atom is -0.327 e. The summed E-state index contributed by atoms with van der Waals surface area (Å²) in [6.45, 7) is 3.43. The molecule has 1 rings (SSSR count). The Morgan fingerprint density at radius 1 is 1.70 bits per heavy atom. The summed E-state index contributed by atoms with van der Waals surface area (Å²) >= 11 is 0. The zero-order chi connectivity index (χ0) is 7.56. The van der Waals surface area contributed by atoms with Gasteiger partial charge in [-0.25, -0.2) is 4.98 Å². The van der Waals surface area contributed by atoms with Gasteiger partial charge < -0.3 is 4.57 Å². The maximum Gasteiger partial charge on any atom is 0.152 e. The van der Waals surface area contributed by atoms with Crippen LogP contribution in [0.4, 0.5) is 0 Å². The molecule has 3 nitrogen and oxygen atoms in total. The van der Waals surface area contributed by atoms with E-state index in [0.717, 1.165) is 0 Å². The van der Waals surface area contributed by atoms with Crippen LogP contribution in [0.5, 0.6) is 0 Å². The molecule has 1 atom stereocenters. The Kier molecular flexibility index (Phi) is 1.85. The molecule has 0 aliphatic heterocycles. The molecule has 0 radical (unpaired) electrons. The standard InChI is InChI=1S/C7H10N2O/c1-6(7(2)10)9-4-3-8-5-9/h3-6H,1-2H3/t6-/m0/s1. The fourth-order valence-electron chi connectivity index (χ4n) is 0.708. The highest BCUT2D eigenvalue weighted by atomic mass is 16.1. The monoisotopic (exact) mass is 138 g/mol. The van der Waals surface area contributed by atoms with Gasteiger partial charge in [-0.15, -0.1) is 0 Å². The molecular weight excluding hydrogens is 128 g/mol. The number of aromatic nitrogens is 2. The Morgan fingerprint density at radius 3 is 2.80 bits per heavy atom. The van der Waals surface area contributed by atoms with Crippen LogP contribution in [0.15, 0.2) is 18.7 Å². The minimum atomic E-state index is -0.0810. The van der Waals surface area contributed by atoms with E-state index in [4.69, 9.17) is 0 Å². The van der Waals surface area contributed by atoms with Crippen LogP contribution in [0.3, 0.4) is 0 Å². The lowest BCUT2D eigenvalue weighted by molar-refractivity contribution is -0.119. The van der Waals surface area contributed by atoms with Gasteiger partial charge in [-0.2, -0.15) is 0 Å². The van der Waals surface area contributed by atoms with Crippen molar-refractivity contribution < 1.29 is 4.79 Å². The second kappa shape index (κ2) is 2.64. The van der Waals surface area contributed by atoms with Crippen molar-refractivity contribution in [2.24, 2.45) is 0 Å². The smallest absolute Gasteiger partial charge is 0.152 e. The zero-order valence-electron chi connectivity index (χ0n) is 6.11. The molecule has 54 valence electrons. The third-order valence-electron chi connectivity index (χ3n) is 1.56. The van der Waals surface area contributed by atoms with Gasteiger partial charge in [0.15, 0.2) is 5.78 Å². The van der Waals surface area contributed by atoms with Crippen molar-refractivity contribution in [1.29, 1.82) is 0 Å². The number of nitrogens with zero attached hydrogens (tertiary/aromatic N) is 2. The van der Waals surface area contributed by atoms with E-state index in [1.54, 1.807) is 30.2 Å². The van der Waals surface area contributed by atoms with Gasteiger partial charge in [0.1, 0.15) is 0 Å². The van der Waals surface area contributed by atoms with Gasteiger partial charge in [0, 0.05) is 12.4 Å². The first-order valence-corrected chi connectivity index (χ1v) is 3.19. The lowest BCUT2D eigenvalue weighted by Gasteiger charge is -2.06. The van der Waals surface area contributed by atoms with Crippen molar-refractivity contribution in [2.75, 3.05) is 0 Å². The third kappa shape index (κ3) is 1.23. The maximum absolute atomic E-state index is 10.8. The molecule has 1 heterocycles. The molecule has 0 amide bonds. The van der Waals surface area contributed by atoms with Gasteiger partial charge in [0.05, 0.1) is 12.4 Å². The van der Waals surface area contributed by atoms with Crippen LogP contribution >= 0.6 is 0 Å². The van der Waals surface area contributed by atoms with E-state index in [9.17, 15) is 4.79 Å².